The van der Waals surface area contributed by atoms with Crippen LogP contribution < -0.4 is 9.47 Å². The maximum Gasteiger partial charge on any atom is 0.387 e. The van der Waals surface area contributed by atoms with Gasteiger partial charge in [-0.2, -0.15) is 8.78 Å². The van der Waals surface area contributed by atoms with Gasteiger partial charge < -0.3 is 14.2 Å². The van der Waals surface area contributed by atoms with E-state index in [4.69, 9.17) is 9.47 Å². The van der Waals surface area contributed by atoms with Crippen LogP contribution in [-0.4, -0.2) is 31.6 Å². The normalized spacial score (nSPS) is 12.0. The first-order chi connectivity index (χ1) is 12.9. The standard InChI is InChI=1S/C20H18F2O5/c1-13(19(24)15-7-9-16(10-8-15)27-20(21)22)26-18(23)11-6-14-4-3-5-17(12-14)25-2/h3-13,20H,1-2H3/b11-6+/t13-/m1/s1. The quantitative estimate of drug-likeness (QED) is 0.394. The van der Waals surface area contributed by atoms with E-state index in [0.717, 1.165) is 5.56 Å². The van der Waals surface area contributed by atoms with E-state index in [1.807, 2.05) is 0 Å². The monoisotopic (exact) mass is 376 g/mol. The SMILES string of the molecule is COc1cccc(/C=C/C(=O)O[C@H](C)C(=O)c2ccc(OC(F)F)cc2)c1. The Morgan fingerprint density at radius 2 is 1.74 bits per heavy atom. The summed E-state index contributed by atoms with van der Waals surface area (Å²) in [5.74, 6) is -0.557. The summed E-state index contributed by atoms with van der Waals surface area (Å²) < 4.78 is 38.6. The van der Waals surface area contributed by atoms with E-state index in [2.05, 4.69) is 4.74 Å². The number of carbonyl (C=O) groups is 2. The van der Waals surface area contributed by atoms with Crippen LogP contribution in [0, 0.1) is 0 Å². The second-order valence-electron chi connectivity index (χ2n) is 5.46. The zero-order valence-corrected chi connectivity index (χ0v) is 14.7. The van der Waals surface area contributed by atoms with Gasteiger partial charge in [-0.3, -0.25) is 4.79 Å². The lowest BCUT2D eigenvalue weighted by Crippen LogP contribution is -2.23. The molecule has 142 valence electrons. The van der Waals surface area contributed by atoms with E-state index in [-0.39, 0.29) is 11.3 Å². The van der Waals surface area contributed by atoms with Gasteiger partial charge >= 0.3 is 12.6 Å². The first kappa shape index (κ1) is 20.1. The van der Waals surface area contributed by atoms with Crippen LogP contribution in [0.25, 0.3) is 6.08 Å². The number of hydrogen-bond donors (Lipinski definition) is 0. The third-order valence-electron chi connectivity index (χ3n) is 3.53. The second kappa shape index (κ2) is 9.47. The third-order valence-corrected chi connectivity index (χ3v) is 3.53. The van der Waals surface area contributed by atoms with Crippen LogP contribution in [0.15, 0.2) is 54.6 Å². The van der Waals surface area contributed by atoms with Crippen molar-refractivity contribution in [3.05, 3.63) is 65.7 Å². The van der Waals surface area contributed by atoms with Crippen LogP contribution in [-0.2, 0) is 9.53 Å². The maximum absolute atomic E-state index is 12.3. The average Bonchev–Trinajstić information content (AvgIpc) is 2.66. The molecule has 0 aromatic heterocycles. The minimum absolute atomic E-state index is 0.0626. The molecule has 0 bridgehead atoms. The second-order valence-corrected chi connectivity index (χ2v) is 5.46. The zero-order valence-electron chi connectivity index (χ0n) is 14.7. The van der Waals surface area contributed by atoms with Crippen LogP contribution in [0.4, 0.5) is 8.78 Å². The van der Waals surface area contributed by atoms with E-state index in [1.54, 1.807) is 30.3 Å². The number of benzene rings is 2. The lowest BCUT2D eigenvalue weighted by Gasteiger charge is -2.11. The van der Waals surface area contributed by atoms with Crippen molar-refractivity contribution in [1.82, 2.24) is 0 Å². The number of carbonyl (C=O) groups excluding carboxylic acids is 2. The van der Waals surface area contributed by atoms with Gasteiger partial charge in [0.2, 0.25) is 5.78 Å². The molecule has 0 amide bonds. The summed E-state index contributed by atoms with van der Waals surface area (Å²) in [6.07, 6.45) is 1.71. The molecule has 0 unspecified atom stereocenters. The van der Waals surface area contributed by atoms with Crippen molar-refractivity contribution in [3.63, 3.8) is 0 Å². The smallest absolute Gasteiger partial charge is 0.387 e. The van der Waals surface area contributed by atoms with Gasteiger partial charge in [-0.15, -0.1) is 0 Å². The molecule has 0 saturated heterocycles. The number of alkyl halides is 2. The number of halogens is 2. The van der Waals surface area contributed by atoms with Gasteiger partial charge in [-0.25, -0.2) is 4.79 Å². The zero-order chi connectivity index (χ0) is 19.8. The molecular weight excluding hydrogens is 358 g/mol. The molecule has 0 spiro atoms. The molecule has 0 radical (unpaired) electrons. The Labute approximate surface area is 155 Å². The van der Waals surface area contributed by atoms with Crippen LogP contribution in [0.1, 0.15) is 22.8 Å². The fourth-order valence-electron chi connectivity index (χ4n) is 2.21. The number of rotatable bonds is 8. The molecule has 0 aliphatic carbocycles. The summed E-state index contributed by atoms with van der Waals surface area (Å²) in [4.78, 5) is 24.2. The topological polar surface area (TPSA) is 61.8 Å². The molecule has 0 fully saturated rings. The first-order valence-corrected chi connectivity index (χ1v) is 8.01. The number of ketones is 1. The average molecular weight is 376 g/mol. The molecule has 27 heavy (non-hydrogen) atoms. The van der Waals surface area contributed by atoms with Crippen molar-refractivity contribution in [2.75, 3.05) is 7.11 Å². The first-order valence-electron chi connectivity index (χ1n) is 8.01. The molecule has 2 aromatic rings. The minimum atomic E-state index is -2.94. The van der Waals surface area contributed by atoms with Crippen molar-refractivity contribution in [2.24, 2.45) is 0 Å². The van der Waals surface area contributed by atoms with Gasteiger partial charge in [-0.05, 0) is 55.0 Å². The molecule has 0 heterocycles. The van der Waals surface area contributed by atoms with Gasteiger partial charge in [0.1, 0.15) is 11.5 Å². The number of Topliss-reactive ketones (excluding diaryl/α,β-unsaturated/α-hetero) is 1. The molecule has 5 nitrogen and oxygen atoms in total. The number of hydrogen-bond acceptors (Lipinski definition) is 5. The fourth-order valence-corrected chi connectivity index (χ4v) is 2.21. The Balaban J connectivity index is 1.94. The molecule has 0 saturated carbocycles. The van der Waals surface area contributed by atoms with Gasteiger partial charge in [0.25, 0.3) is 0 Å². The van der Waals surface area contributed by atoms with Crippen molar-refractivity contribution in [1.29, 1.82) is 0 Å². The Morgan fingerprint density at radius 3 is 2.37 bits per heavy atom. The van der Waals surface area contributed by atoms with Gasteiger partial charge in [0.05, 0.1) is 7.11 Å². The Hall–Kier alpha value is -3.22. The molecular formula is C20H18F2O5. The predicted molar refractivity (Wildman–Crippen MR) is 95.0 cm³/mol. The summed E-state index contributed by atoms with van der Waals surface area (Å²) in [6, 6.07) is 12.2. The molecule has 0 aliphatic heterocycles. The Morgan fingerprint density at radius 1 is 1.04 bits per heavy atom. The summed E-state index contributed by atoms with van der Waals surface area (Å²) in [5, 5.41) is 0. The van der Waals surface area contributed by atoms with Gasteiger partial charge in [-0.1, -0.05) is 12.1 Å². The van der Waals surface area contributed by atoms with E-state index >= 15 is 0 Å². The Bertz CT molecular complexity index is 815. The number of esters is 1. The molecule has 7 heteroatoms. The van der Waals surface area contributed by atoms with Crippen molar-refractivity contribution in [3.8, 4) is 11.5 Å². The highest BCUT2D eigenvalue weighted by atomic mass is 19.3. The number of methoxy groups -OCH3 is 1. The molecule has 0 aliphatic rings. The van der Waals surface area contributed by atoms with Gasteiger partial charge in [0.15, 0.2) is 6.10 Å². The van der Waals surface area contributed by atoms with E-state index in [0.29, 0.717) is 5.75 Å². The lowest BCUT2D eigenvalue weighted by molar-refractivity contribution is -0.140. The summed E-state index contributed by atoms with van der Waals surface area (Å²) in [7, 11) is 1.54. The lowest BCUT2D eigenvalue weighted by atomic mass is 10.1. The molecule has 0 N–H and O–H groups in total. The van der Waals surface area contributed by atoms with E-state index < -0.39 is 24.5 Å². The highest BCUT2D eigenvalue weighted by Gasteiger charge is 2.18. The Kier molecular flexibility index (Phi) is 7.05. The highest BCUT2D eigenvalue weighted by molar-refractivity contribution is 6.01. The summed E-state index contributed by atoms with van der Waals surface area (Å²) in [5.41, 5.74) is 0.952. The highest BCUT2D eigenvalue weighted by Crippen LogP contribution is 2.17. The minimum Gasteiger partial charge on any atom is -0.497 e. The van der Waals surface area contributed by atoms with E-state index in [1.165, 1.54) is 44.4 Å². The third kappa shape index (κ3) is 6.22. The van der Waals surface area contributed by atoms with Crippen molar-refractivity contribution >= 4 is 17.8 Å². The molecule has 1 atom stereocenters. The van der Waals surface area contributed by atoms with Crippen molar-refractivity contribution < 1.29 is 32.6 Å². The van der Waals surface area contributed by atoms with Crippen LogP contribution in [0.2, 0.25) is 0 Å². The maximum atomic E-state index is 12.3. The van der Waals surface area contributed by atoms with Crippen LogP contribution >= 0.6 is 0 Å². The molecule has 2 rings (SSSR count). The fraction of sp³-hybridized carbons (Fsp3) is 0.200. The van der Waals surface area contributed by atoms with Crippen LogP contribution in [0.3, 0.4) is 0 Å². The molecule has 2 aromatic carbocycles. The number of ether oxygens (including phenoxy) is 3. The summed E-state index contributed by atoms with van der Waals surface area (Å²) >= 11 is 0. The van der Waals surface area contributed by atoms with Gasteiger partial charge in [0, 0.05) is 11.6 Å². The largest absolute Gasteiger partial charge is 0.497 e. The predicted octanol–water partition coefficient (Wildman–Crippen LogP) is 4.12. The van der Waals surface area contributed by atoms with E-state index in [9.17, 15) is 18.4 Å². The summed E-state index contributed by atoms with van der Waals surface area (Å²) in [6.45, 7) is -1.51. The van der Waals surface area contributed by atoms with Crippen molar-refractivity contribution in [2.45, 2.75) is 19.6 Å². The van der Waals surface area contributed by atoms with Crippen LogP contribution in [0.5, 0.6) is 11.5 Å².